The molecule has 0 radical (unpaired) electrons. The average Bonchev–Trinajstić information content (AvgIpc) is 2.72. The van der Waals surface area contributed by atoms with Gasteiger partial charge in [0.05, 0.1) is 24.7 Å². The Morgan fingerprint density at radius 1 is 1.16 bits per heavy atom. The standard InChI is InChI=1S/C21H22F2N6O3/c1-12-7-19(29-20(26-12)21(3,22)23)28-16-9-18(27-13(2)30)25-10-17(16)32-11-14-8-15(31-4)5-6-24-14/h5-10H,11H2,1-4H3,(H2,25,26,27,28,29,30). The van der Waals surface area contributed by atoms with Crippen LogP contribution in [0.3, 0.4) is 0 Å². The van der Waals surface area contributed by atoms with Crippen molar-refractivity contribution in [1.29, 1.82) is 0 Å². The SMILES string of the molecule is COc1ccnc(COc2cnc(NC(C)=O)cc2Nc2cc(C)nc(C(C)(F)F)n2)c1. The highest BCUT2D eigenvalue weighted by Gasteiger charge is 2.29. The summed E-state index contributed by atoms with van der Waals surface area (Å²) in [7, 11) is 1.55. The van der Waals surface area contributed by atoms with Crippen molar-refractivity contribution in [1.82, 2.24) is 19.9 Å². The first-order valence-corrected chi connectivity index (χ1v) is 9.54. The molecule has 3 aromatic rings. The van der Waals surface area contributed by atoms with Crippen molar-refractivity contribution in [2.45, 2.75) is 33.3 Å². The lowest BCUT2D eigenvalue weighted by Crippen LogP contribution is -2.14. The van der Waals surface area contributed by atoms with Crippen LogP contribution in [-0.2, 0) is 17.3 Å². The van der Waals surface area contributed by atoms with Crippen LogP contribution < -0.4 is 20.1 Å². The summed E-state index contributed by atoms with van der Waals surface area (Å²) in [5, 5.41) is 5.52. The maximum atomic E-state index is 13.8. The van der Waals surface area contributed by atoms with Gasteiger partial charge in [0.1, 0.15) is 24.0 Å². The minimum absolute atomic E-state index is 0.0914. The zero-order chi connectivity index (χ0) is 23.3. The van der Waals surface area contributed by atoms with E-state index in [9.17, 15) is 13.6 Å². The van der Waals surface area contributed by atoms with Gasteiger partial charge in [-0.1, -0.05) is 0 Å². The number of carbonyl (C=O) groups excluding carboxylic acids is 1. The summed E-state index contributed by atoms with van der Waals surface area (Å²) in [5.41, 5.74) is 1.32. The smallest absolute Gasteiger partial charge is 0.303 e. The Labute approximate surface area is 183 Å². The molecular formula is C21H22F2N6O3. The molecule has 0 saturated carbocycles. The molecule has 32 heavy (non-hydrogen) atoms. The van der Waals surface area contributed by atoms with Gasteiger partial charge in [-0.05, 0) is 13.0 Å². The van der Waals surface area contributed by atoms with Crippen molar-refractivity contribution in [3.63, 3.8) is 0 Å². The van der Waals surface area contributed by atoms with Gasteiger partial charge in [-0.3, -0.25) is 9.78 Å². The summed E-state index contributed by atoms with van der Waals surface area (Å²) in [6.07, 6.45) is 2.99. The minimum Gasteiger partial charge on any atom is -0.497 e. The van der Waals surface area contributed by atoms with Gasteiger partial charge in [0, 0.05) is 43.9 Å². The van der Waals surface area contributed by atoms with E-state index in [1.165, 1.54) is 25.3 Å². The lowest BCUT2D eigenvalue weighted by atomic mass is 10.3. The number of amides is 1. The summed E-state index contributed by atoms with van der Waals surface area (Å²) in [5.74, 6) is -2.83. The molecule has 0 aliphatic carbocycles. The third-order valence-corrected chi connectivity index (χ3v) is 4.08. The molecular weight excluding hydrogens is 422 g/mol. The molecule has 0 saturated heterocycles. The van der Waals surface area contributed by atoms with E-state index in [4.69, 9.17) is 9.47 Å². The molecule has 0 aliphatic heterocycles. The largest absolute Gasteiger partial charge is 0.497 e. The number of hydrogen-bond donors (Lipinski definition) is 2. The first-order valence-electron chi connectivity index (χ1n) is 9.54. The van der Waals surface area contributed by atoms with E-state index >= 15 is 0 Å². The molecule has 11 heteroatoms. The van der Waals surface area contributed by atoms with Gasteiger partial charge in [-0.15, -0.1) is 0 Å². The summed E-state index contributed by atoms with van der Waals surface area (Å²) in [6, 6.07) is 6.45. The van der Waals surface area contributed by atoms with Gasteiger partial charge in [0.15, 0.2) is 5.75 Å². The topological polar surface area (TPSA) is 111 Å². The van der Waals surface area contributed by atoms with Crippen molar-refractivity contribution < 1.29 is 23.0 Å². The third-order valence-electron chi connectivity index (χ3n) is 4.08. The molecule has 9 nitrogen and oxygen atoms in total. The molecule has 0 aliphatic rings. The van der Waals surface area contributed by atoms with E-state index in [0.29, 0.717) is 28.6 Å². The van der Waals surface area contributed by atoms with Crippen LogP contribution in [-0.4, -0.2) is 33.0 Å². The van der Waals surface area contributed by atoms with Crippen molar-refractivity contribution in [2.24, 2.45) is 0 Å². The van der Waals surface area contributed by atoms with Crippen molar-refractivity contribution in [3.05, 3.63) is 53.9 Å². The molecule has 0 unspecified atom stereocenters. The van der Waals surface area contributed by atoms with Crippen LogP contribution in [0, 0.1) is 6.92 Å². The average molecular weight is 444 g/mol. The first-order chi connectivity index (χ1) is 15.1. The highest BCUT2D eigenvalue weighted by atomic mass is 19.3. The van der Waals surface area contributed by atoms with Crippen LogP contribution >= 0.6 is 0 Å². The van der Waals surface area contributed by atoms with Crippen molar-refractivity contribution in [3.8, 4) is 11.5 Å². The number of aryl methyl sites for hydroxylation is 1. The number of anilines is 3. The Morgan fingerprint density at radius 3 is 2.62 bits per heavy atom. The molecule has 0 fully saturated rings. The third kappa shape index (κ3) is 6.06. The molecule has 0 atom stereocenters. The van der Waals surface area contributed by atoms with Crippen LogP contribution in [0.2, 0.25) is 0 Å². The number of nitrogens with zero attached hydrogens (tertiary/aromatic N) is 4. The van der Waals surface area contributed by atoms with Gasteiger partial charge in [-0.25, -0.2) is 15.0 Å². The van der Waals surface area contributed by atoms with Gasteiger partial charge >= 0.3 is 5.92 Å². The van der Waals surface area contributed by atoms with Crippen LogP contribution in [0.15, 0.2) is 36.7 Å². The van der Waals surface area contributed by atoms with Crippen LogP contribution in [0.1, 0.15) is 31.1 Å². The maximum Gasteiger partial charge on any atom is 0.303 e. The number of alkyl halides is 2. The second-order valence-electron chi connectivity index (χ2n) is 6.95. The number of nitrogens with one attached hydrogen (secondary N) is 2. The van der Waals surface area contributed by atoms with E-state index in [0.717, 1.165) is 6.92 Å². The summed E-state index contributed by atoms with van der Waals surface area (Å²) < 4.78 is 38.5. The minimum atomic E-state index is -3.21. The molecule has 168 valence electrons. The molecule has 3 heterocycles. The molecule has 0 spiro atoms. The zero-order valence-corrected chi connectivity index (χ0v) is 17.9. The van der Waals surface area contributed by atoms with Gasteiger partial charge in [-0.2, -0.15) is 8.78 Å². The predicted molar refractivity (Wildman–Crippen MR) is 113 cm³/mol. The van der Waals surface area contributed by atoms with E-state index in [2.05, 4.69) is 30.6 Å². The number of carbonyl (C=O) groups is 1. The predicted octanol–water partition coefficient (Wildman–Crippen LogP) is 3.98. The monoisotopic (exact) mass is 444 g/mol. The molecule has 1 amide bonds. The Bertz CT molecular complexity index is 1120. The van der Waals surface area contributed by atoms with E-state index in [1.54, 1.807) is 32.4 Å². The molecule has 3 rings (SSSR count). The Morgan fingerprint density at radius 2 is 1.94 bits per heavy atom. The summed E-state index contributed by atoms with van der Waals surface area (Å²) in [6.45, 7) is 3.75. The van der Waals surface area contributed by atoms with Crippen molar-refractivity contribution in [2.75, 3.05) is 17.7 Å². The molecule has 3 aromatic heterocycles. The lowest BCUT2D eigenvalue weighted by molar-refractivity contribution is -0.114. The lowest BCUT2D eigenvalue weighted by Gasteiger charge is -2.16. The highest BCUT2D eigenvalue weighted by Crippen LogP contribution is 2.31. The number of ether oxygens (including phenoxy) is 2. The van der Waals surface area contributed by atoms with E-state index in [1.807, 2.05) is 0 Å². The Balaban J connectivity index is 1.91. The van der Waals surface area contributed by atoms with Gasteiger partial charge < -0.3 is 20.1 Å². The fourth-order valence-corrected chi connectivity index (χ4v) is 2.68. The number of halogens is 2. The van der Waals surface area contributed by atoms with E-state index < -0.39 is 11.7 Å². The van der Waals surface area contributed by atoms with Gasteiger partial charge in [0.25, 0.3) is 0 Å². The normalized spacial score (nSPS) is 11.1. The quantitative estimate of drug-likeness (QED) is 0.537. The van der Waals surface area contributed by atoms with Crippen LogP contribution in [0.25, 0.3) is 0 Å². The number of aromatic nitrogens is 4. The van der Waals surface area contributed by atoms with Crippen LogP contribution in [0.4, 0.5) is 26.1 Å². The fraction of sp³-hybridized carbons (Fsp3) is 0.286. The number of pyridine rings is 2. The van der Waals surface area contributed by atoms with Crippen LogP contribution in [0.5, 0.6) is 11.5 Å². The number of methoxy groups -OCH3 is 1. The molecule has 0 bridgehead atoms. The van der Waals surface area contributed by atoms with E-state index in [-0.39, 0.29) is 24.1 Å². The van der Waals surface area contributed by atoms with Gasteiger partial charge in [0.2, 0.25) is 11.7 Å². The fourth-order valence-electron chi connectivity index (χ4n) is 2.68. The Hall–Kier alpha value is -3.89. The summed E-state index contributed by atoms with van der Waals surface area (Å²) >= 11 is 0. The summed E-state index contributed by atoms with van der Waals surface area (Å²) in [4.78, 5) is 27.5. The Kier molecular flexibility index (Phi) is 6.76. The maximum absolute atomic E-state index is 13.8. The zero-order valence-electron chi connectivity index (χ0n) is 17.9. The van der Waals surface area contributed by atoms with Crippen molar-refractivity contribution >= 4 is 23.2 Å². The highest BCUT2D eigenvalue weighted by molar-refractivity contribution is 5.88. The molecule has 0 aromatic carbocycles. The number of hydrogen-bond acceptors (Lipinski definition) is 8. The second-order valence-corrected chi connectivity index (χ2v) is 6.95. The first kappa shape index (κ1) is 22.8. The number of rotatable bonds is 8. The second kappa shape index (κ2) is 9.50. The molecule has 2 N–H and O–H groups in total.